The van der Waals surface area contributed by atoms with Crippen molar-refractivity contribution in [2.75, 3.05) is 14.2 Å². The molecular formula is C22H22N2O3. The fourth-order valence-corrected chi connectivity index (χ4v) is 3.70. The predicted molar refractivity (Wildman–Crippen MR) is 105 cm³/mol. The summed E-state index contributed by atoms with van der Waals surface area (Å²) in [7, 11) is 3.24. The van der Waals surface area contributed by atoms with Crippen LogP contribution in [0.4, 0.5) is 0 Å². The van der Waals surface area contributed by atoms with Crippen LogP contribution >= 0.6 is 0 Å². The summed E-state index contributed by atoms with van der Waals surface area (Å²) in [4.78, 5) is 13.1. The molecule has 1 heterocycles. The van der Waals surface area contributed by atoms with E-state index in [1.165, 1.54) is 4.68 Å². The van der Waals surface area contributed by atoms with Crippen LogP contribution in [-0.2, 0) is 12.8 Å². The molecule has 138 valence electrons. The number of ether oxygens (including phenoxy) is 2. The lowest BCUT2D eigenvalue weighted by molar-refractivity contribution is 0.355. The second kappa shape index (κ2) is 7.27. The zero-order valence-corrected chi connectivity index (χ0v) is 15.6. The van der Waals surface area contributed by atoms with Gasteiger partial charge >= 0.3 is 0 Å². The van der Waals surface area contributed by atoms with E-state index in [2.05, 4.69) is 0 Å². The van der Waals surface area contributed by atoms with Crippen LogP contribution in [0, 0.1) is 0 Å². The predicted octanol–water partition coefficient (Wildman–Crippen LogP) is 3.80. The lowest BCUT2D eigenvalue weighted by Crippen LogP contribution is -2.29. The molecule has 0 saturated heterocycles. The fraction of sp³-hybridized carbons (Fsp3) is 0.273. The first-order valence-electron chi connectivity index (χ1n) is 9.16. The Kier molecular flexibility index (Phi) is 4.67. The molecule has 3 aromatic rings. The Morgan fingerprint density at radius 3 is 2.30 bits per heavy atom. The molecular weight excluding hydrogens is 340 g/mol. The van der Waals surface area contributed by atoms with Gasteiger partial charge in [-0.2, -0.15) is 9.78 Å². The van der Waals surface area contributed by atoms with E-state index in [9.17, 15) is 4.79 Å². The van der Waals surface area contributed by atoms with Crippen LogP contribution in [-0.4, -0.2) is 24.0 Å². The van der Waals surface area contributed by atoms with E-state index >= 15 is 0 Å². The van der Waals surface area contributed by atoms with Gasteiger partial charge < -0.3 is 9.47 Å². The molecule has 0 spiro atoms. The molecule has 27 heavy (non-hydrogen) atoms. The molecule has 0 N–H and O–H groups in total. The van der Waals surface area contributed by atoms with Crippen LogP contribution in [0.5, 0.6) is 11.5 Å². The minimum Gasteiger partial charge on any atom is -0.493 e. The van der Waals surface area contributed by atoms with Crippen molar-refractivity contribution in [1.29, 1.82) is 0 Å². The largest absolute Gasteiger partial charge is 0.493 e. The van der Waals surface area contributed by atoms with Gasteiger partial charge in [0.25, 0.3) is 5.56 Å². The van der Waals surface area contributed by atoms with Gasteiger partial charge in [0.2, 0.25) is 0 Å². The van der Waals surface area contributed by atoms with E-state index in [0.29, 0.717) is 11.5 Å². The summed E-state index contributed by atoms with van der Waals surface area (Å²) in [5, 5.41) is 4.76. The molecule has 0 atom stereocenters. The number of nitrogens with zero attached hydrogens (tertiary/aromatic N) is 2. The van der Waals surface area contributed by atoms with Crippen molar-refractivity contribution in [2.45, 2.75) is 25.7 Å². The molecule has 2 aromatic carbocycles. The number of fused-ring (bicyclic) bond motifs is 1. The molecule has 1 aliphatic carbocycles. The lowest BCUT2D eigenvalue weighted by atomic mass is 9.89. The molecule has 1 aliphatic rings. The van der Waals surface area contributed by atoms with Crippen LogP contribution in [0.3, 0.4) is 0 Å². The van der Waals surface area contributed by atoms with E-state index in [4.69, 9.17) is 14.6 Å². The van der Waals surface area contributed by atoms with Crippen molar-refractivity contribution in [2.24, 2.45) is 0 Å². The summed E-state index contributed by atoms with van der Waals surface area (Å²) in [6, 6.07) is 15.3. The Morgan fingerprint density at radius 2 is 1.59 bits per heavy atom. The first-order valence-corrected chi connectivity index (χ1v) is 9.16. The minimum absolute atomic E-state index is 0.0138. The average Bonchev–Trinajstić information content (AvgIpc) is 2.74. The maximum absolute atomic E-state index is 13.1. The smallest absolute Gasteiger partial charge is 0.275 e. The zero-order chi connectivity index (χ0) is 18.8. The molecule has 0 bridgehead atoms. The first kappa shape index (κ1) is 17.3. The molecule has 0 aliphatic heterocycles. The topological polar surface area (TPSA) is 53.4 Å². The van der Waals surface area contributed by atoms with Gasteiger partial charge in [0.15, 0.2) is 11.5 Å². The highest BCUT2D eigenvalue weighted by molar-refractivity contribution is 5.68. The maximum atomic E-state index is 13.1. The molecule has 4 rings (SSSR count). The molecule has 5 heteroatoms. The Bertz CT molecular complexity index is 1030. The highest BCUT2D eigenvalue weighted by Gasteiger charge is 2.22. The monoisotopic (exact) mass is 362 g/mol. The van der Waals surface area contributed by atoms with Gasteiger partial charge in [-0.05, 0) is 61.6 Å². The third-order valence-corrected chi connectivity index (χ3v) is 5.06. The van der Waals surface area contributed by atoms with Crippen LogP contribution in [0.2, 0.25) is 0 Å². The zero-order valence-electron chi connectivity index (χ0n) is 15.6. The van der Waals surface area contributed by atoms with Crippen LogP contribution < -0.4 is 15.0 Å². The van der Waals surface area contributed by atoms with Crippen molar-refractivity contribution < 1.29 is 9.47 Å². The van der Waals surface area contributed by atoms with Crippen molar-refractivity contribution in [3.8, 4) is 28.4 Å². The molecule has 0 fully saturated rings. The average molecular weight is 362 g/mol. The summed E-state index contributed by atoms with van der Waals surface area (Å²) in [5.74, 6) is 1.32. The highest BCUT2D eigenvalue weighted by Crippen LogP contribution is 2.34. The summed E-state index contributed by atoms with van der Waals surface area (Å²) < 4.78 is 12.3. The van der Waals surface area contributed by atoms with Crippen molar-refractivity contribution >= 4 is 0 Å². The van der Waals surface area contributed by atoms with E-state index < -0.39 is 0 Å². The molecule has 0 amide bonds. The molecule has 1 aromatic heterocycles. The SMILES string of the molecule is COc1ccc(-c2nn(-c3ccccc3)c(=O)c3c2CCCC3)cc1OC. The molecule has 0 radical (unpaired) electrons. The first-order chi connectivity index (χ1) is 13.2. The summed E-state index contributed by atoms with van der Waals surface area (Å²) in [5.41, 5.74) is 4.47. The third-order valence-electron chi connectivity index (χ3n) is 5.06. The standard InChI is InChI=1S/C22H22N2O3/c1-26-19-13-12-15(14-20(19)27-2)21-17-10-6-7-11-18(17)22(25)24(23-21)16-8-4-3-5-9-16/h3-5,8-9,12-14H,6-7,10-11H2,1-2H3. The molecule has 5 nitrogen and oxygen atoms in total. The number of rotatable bonds is 4. The second-order valence-corrected chi connectivity index (χ2v) is 6.64. The highest BCUT2D eigenvalue weighted by atomic mass is 16.5. The van der Waals surface area contributed by atoms with Gasteiger partial charge in [0.05, 0.1) is 25.6 Å². The Hall–Kier alpha value is -3.08. The number of benzene rings is 2. The normalized spacial score (nSPS) is 13.1. The Labute approximate surface area is 158 Å². The number of methoxy groups -OCH3 is 2. The quantitative estimate of drug-likeness (QED) is 0.708. The van der Waals surface area contributed by atoms with E-state index in [0.717, 1.165) is 53.8 Å². The van der Waals surface area contributed by atoms with Crippen LogP contribution in [0.25, 0.3) is 16.9 Å². The van der Waals surface area contributed by atoms with Crippen molar-refractivity contribution in [3.63, 3.8) is 0 Å². The fourth-order valence-electron chi connectivity index (χ4n) is 3.70. The maximum Gasteiger partial charge on any atom is 0.275 e. The Balaban J connectivity index is 1.96. The van der Waals surface area contributed by atoms with Crippen molar-refractivity contribution in [3.05, 3.63) is 70.0 Å². The summed E-state index contributed by atoms with van der Waals surface area (Å²) in [6.07, 6.45) is 3.77. The van der Waals surface area contributed by atoms with Crippen LogP contribution in [0.1, 0.15) is 24.0 Å². The van der Waals surface area contributed by atoms with Crippen molar-refractivity contribution in [1.82, 2.24) is 9.78 Å². The van der Waals surface area contributed by atoms with E-state index in [1.807, 2.05) is 48.5 Å². The van der Waals surface area contributed by atoms with E-state index in [-0.39, 0.29) is 5.56 Å². The Morgan fingerprint density at radius 1 is 0.889 bits per heavy atom. The second-order valence-electron chi connectivity index (χ2n) is 6.64. The number of aromatic nitrogens is 2. The van der Waals surface area contributed by atoms with Gasteiger partial charge in [-0.1, -0.05) is 18.2 Å². The van der Waals surface area contributed by atoms with Crippen LogP contribution in [0.15, 0.2) is 53.3 Å². The lowest BCUT2D eigenvalue weighted by Gasteiger charge is -2.21. The molecule has 0 saturated carbocycles. The van der Waals surface area contributed by atoms with Gasteiger partial charge in [-0.15, -0.1) is 0 Å². The number of hydrogen-bond donors (Lipinski definition) is 0. The summed E-state index contributed by atoms with van der Waals surface area (Å²) >= 11 is 0. The molecule has 0 unspecified atom stereocenters. The van der Waals surface area contributed by atoms with Gasteiger partial charge in [0, 0.05) is 11.1 Å². The van der Waals surface area contributed by atoms with Gasteiger partial charge in [0.1, 0.15) is 0 Å². The minimum atomic E-state index is -0.0138. The number of hydrogen-bond acceptors (Lipinski definition) is 4. The third kappa shape index (κ3) is 3.10. The van der Waals surface area contributed by atoms with Gasteiger partial charge in [-0.3, -0.25) is 4.79 Å². The summed E-state index contributed by atoms with van der Waals surface area (Å²) in [6.45, 7) is 0. The van der Waals surface area contributed by atoms with E-state index in [1.54, 1.807) is 14.2 Å². The van der Waals surface area contributed by atoms with Gasteiger partial charge in [-0.25, -0.2) is 0 Å². The number of para-hydroxylation sites is 1.